The van der Waals surface area contributed by atoms with Crippen LogP contribution in [-0.2, 0) is 4.74 Å². The summed E-state index contributed by atoms with van der Waals surface area (Å²) in [7, 11) is 0. The Morgan fingerprint density at radius 3 is 2.38 bits per heavy atom. The van der Waals surface area contributed by atoms with Crippen LogP contribution in [0.25, 0.3) is 0 Å². The molecule has 0 radical (unpaired) electrons. The normalized spacial score (nSPS) is 10.4. The van der Waals surface area contributed by atoms with Crippen LogP contribution in [0.3, 0.4) is 0 Å². The van der Waals surface area contributed by atoms with Crippen LogP contribution in [0, 0.1) is 5.92 Å². The lowest BCUT2D eigenvalue weighted by Crippen LogP contribution is -2.09. The minimum absolute atomic E-state index is 0.216. The third-order valence-electron chi connectivity index (χ3n) is 2.92. The highest BCUT2D eigenvalue weighted by molar-refractivity contribution is 5.89. The van der Waals surface area contributed by atoms with Gasteiger partial charge in [-0.05, 0) is 24.5 Å². The molecule has 0 amide bonds. The van der Waals surface area contributed by atoms with Crippen molar-refractivity contribution in [3.63, 3.8) is 0 Å². The van der Waals surface area contributed by atoms with Crippen LogP contribution in [0.1, 0.15) is 43.5 Å². The fourth-order valence-corrected chi connectivity index (χ4v) is 1.67. The molecule has 0 saturated carbocycles. The predicted octanol–water partition coefficient (Wildman–Crippen LogP) is 3.67. The summed E-state index contributed by atoms with van der Waals surface area (Å²) >= 11 is 0. The number of benzene rings is 1. The molecule has 2 heteroatoms. The third-order valence-corrected chi connectivity index (χ3v) is 2.92. The molecule has 0 spiro atoms. The fourth-order valence-electron chi connectivity index (χ4n) is 1.67. The average Bonchev–Trinajstić information content (AvgIpc) is 2.35. The second kappa shape index (κ2) is 7.04. The van der Waals surface area contributed by atoms with Crippen LogP contribution in [0.15, 0.2) is 30.3 Å². The van der Waals surface area contributed by atoms with E-state index >= 15 is 0 Å². The van der Waals surface area contributed by atoms with Gasteiger partial charge in [-0.2, -0.15) is 0 Å². The highest BCUT2D eigenvalue weighted by Gasteiger charge is 2.08. The topological polar surface area (TPSA) is 26.3 Å². The van der Waals surface area contributed by atoms with Crippen molar-refractivity contribution >= 4 is 5.97 Å². The molecule has 2 nitrogen and oxygen atoms in total. The van der Waals surface area contributed by atoms with Crippen molar-refractivity contribution in [3.05, 3.63) is 35.9 Å². The van der Waals surface area contributed by atoms with Gasteiger partial charge in [-0.15, -0.1) is 0 Å². The Morgan fingerprint density at radius 2 is 1.81 bits per heavy atom. The van der Waals surface area contributed by atoms with Crippen LogP contribution in [0.4, 0.5) is 0 Å². The van der Waals surface area contributed by atoms with Crippen molar-refractivity contribution < 1.29 is 9.53 Å². The maximum Gasteiger partial charge on any atom is 0.338 e. The van der Waals surface area contributed by atoms with Gasteiger partial charge >= 0.3 is 5.97 Å². The van der Waals surface area contributed by atoms with Crippen LogP contribution in [0.5, 0.6) is 0 Å². The molecule has 0 aromatic heterocycles. The number of carbonyl (C=O) groups is 1. The number of carbonyl (C=O) groups excluding carboxylic acids is 1. The molecule has 0 fully saturated rings. The molecule has 0 saturated heterocycles. The molecule has 1 aromatic rings. The number of ether oxygens (including phenoxy) is 1. The molecule has 0 aliphatic rings. The highest BCUT2D eigenvalue weighted by Crippen LogP contribution is 2.12. The molecule has 0 unspecified atom stereocenters. The van der Waals surface area contributed by atoms with E-state index in [0.717, 1.165) is 19.3 Å². The first-order valence-corrected chi connectivity index (χ1v) is 6.00. The zero-order valence-corrected chi connectivity index (χ0v) is 10.1. The van der Waals surface area contributed by atoms with Crippen molar-refractivity contribution in [2.75, 3.05) is 6.61 Å². The molecule has 1 rings (SSSR count). The molecule has 0 aliphatic carbocycles. The van der Waals surface area contributed by atoms with Gasteiger partial charge in [0.15, 0.2) is 0 Å². The summed E-state index contributed by atoms with van der Waals surface area (Å²) < 4.78 is 5.22. The number of esters is 1. The number of hydrogen-bond donors (Lipinski definition) is 0. The van der Waals surface area contributed by atoms with E-state index in [1.807, 2.05) is 18.2 Å². The van der Waals surface area contributed by atoms with Crippen LogP contribution < -0.4 is 0 Å². The number of hydrogen-bond acceptors (Lipinski definition) is 2. The van der Waals surface area contributed by atoms with Crippen LogP contribution in [0.2, 0.25) is 0 Å². The van der Waals surface area contributed by atoms with E-state index in [1.54, 1.807) is 12.1 Å². The molecule has 88 valence electrons. The number of rotatable bonds is 6. The van der Waals surface area contributed by atoms with Gasteiger partial charge in [0.1, 0.15) is 0 Å². The maximum atomic E-state index is 11.6. The molecule has 0 heterocycles. The quantitative estimate of drug-likeness (QED) is 0.684. The Morgan fingerprint density at radius 1 is 1.19 bits per heavy atom. The zero-order chi connectivity index (χ0) is 11.8. The van der Waals surface area contributed by atoms with E-state index in [9.17, 15) is 4.79 Å². The lowest BCUT2D eigenvalue weighted by Gasteiger charge is -2.11. The van der Waals surface area contributed by atoms with Crippen molar-refractivity contribution in [1.82, 2.24) is 0 Å². The van der Waals surface area contributed by atoms with Gasteiger partial charge in [0.25, 0.3) is 0 Å². The Hall–Kier alpha value is -1.31. The Bertz CT molecular complexity index is 302. The smallest absolute Gasteiger partial charge is 0.338 e. The predicted molar refractivity (Wildman–Crippen MR) is 65.4 cm³/mol. The molecule has 0 aliphatic heterocycles. The van der Waals surface area contributed by atoms with Crippen molar-refractivity contribution in [3.8, 4) is 0 Å². The summed E-state index contributed by atoms with van der Waals surface area (Å²) in [6, 6.07) is 9.13. The van der Waals surface area contributed by atoms with Gasteiger partial charge in [0.2, 0.25) is 0 Å². The average molecular weight is 220 g/mol. The van der Waals surface area contributed by atoms with E-state index in [-0.39, 0.29) is 5.97 Å². The van der Waals surface area contributed by atoms with Crippen LogP contribution in [-0.4, -0.2) is 12.6 Å². The van der Waals surface area contributed by atoms with E-state index in [0.29, 0.717) is 18.1 Å². The molecular weight excluding hydrogens is 200 g/mol. The van der Waals surface area contributed by atoms with Gasteiger partial charge in [-0.1, -0.05) is 44.9 Å². The van der Waals surface area contributed by atoms with Crippen molar-refractivity contribution in [1.29, 1.82) is 0 Å². The first kappa shape index (κ1) is 12.8. The van der Waals surface area contributed by atoms with Crippen molar-refractivity contribution in [2.45, 2.75) is 33.1 Å². The maximum absolute atomic E-state index is 11.6. The highest BCUT2D eigenvalue weighted by atomic mass is 16.5. The first-order valence-electron chi connectivity index (χ1n) is 6.00. The Labute approximate surface area is 97.6 Å². The van der Waals surface area contributed by atoms with Crippen molar-refractivity contribution in [2.24, 2.45) is 5.92 Å². The van der Waals surface area contributed by atoms with Gasteiger partial charge in [0, 0.05) is 0 Å². The third kappa shape index (κ3) is 4.05. The first-order chi connectivity index (χ1) is 7.77. The molecule has 1 aromatic carbocycles. The lowest BCUT2D eigenvalue weighted by molar-refractivity contribution is 0.0481. The largest absolute Gasteiger partial charge is 0.462 e. The van der Waals surface area contributed by atoms with E-state index < -0.39 is 0 Å². The SMILES string of the molecule is CCC(CC)CCOC(=O)c1ccccc1. The molecule has 0 atom stereocenters. The second-order valence-corrected chi connectivity index (χ2v) is 3.97. The minimum Gasteiger partial charge on any atom is -0.462 e. The van der Waals surface area contributed by atoms with E-state index in [1.165, 1.54) is 0 Å². The summed E-state index contributed by atoms with van der Waals surface area (Å²) in [5.41, 5.74) is 0.632. The van der Waals surface area contributed by atoms with E-state index in [2.05, 4.69) is 13.8 Å². The molecule has 0 N–H and O–H groups in total. The minimum atomic E-state index is -0.216. The summed E-state index contributed by atoms with van der Waals surface area (Å²) in [6.45, 7) is 4.88. The second-order valence-electron chi connectivity index (χ2n) is 3.97. The lowest BCUT2D eigenvalue weighted by atomic mass is 10.0. The monoisotopic (exact) mass is 220 g/mol. The summed E-state index contributed by atoms with van der Waals surface area (Å²) in [5, 5.41) is 0. The Balaban J connectivity index is 2.31. The zero-order valence-electron chi connectivity index (χ0n) is 10.1. The molecule has 0 bridgehead atoms. The fraction of sp³-hybridized carbons (Fsp3) is 0.500. The van der Waals surface area contributed by atoms with Gasteiger partial charge in [-0.25, -0.2) is 4.79 Å². The standard InChI is InChI=1S/C14H20O2/c1-3-12(4-2)10-11-16-14(15)13-8-6-5-7-9-13/h5-9,12H,3-4,10-11H2,1-2H3. The summed E-state index contributed by atoms with van der Waals surface area (Å²) in [5.74, 6) is 0.454. The van der Waals surface area contributed by atoms with Gasteiger partial charge in [-0.3, -0.25) is 0 Å². The Kier molecular flexibility index (Phi) is 5.62. The van der Waals surface area contributed by atoms with Gasteiger partial charge < -0.3 is 4.74 Å². The molecule has 16 heavy (non-hydrogen) atoms. The summed E-state index contributed by atoms with van der Waals surface area (Å²) in [6.07, 6.45) is 3.27. The molecular formula is C14H20O2. The van der Waals surface area contributed by atoms with E-state index in [4.69, 9.17) is 4.74 Å². The van der Waals surface area contributed by atoms with Crippen LogP contribution >= 0.6 is 0 Å². The summed E-state index contributed by atoms with van der Waals surface area (Å²) in [4.78, 5) is 11.6. The van der Waals surface area contributed by atoms with Gasteiger partial charge in [0.05, 0.1) is 12.2 Å².